The fourth-order valence-corrected chi connectivity index (χ4v) is 1.35. The van der Waals surface area contributed by atoms with Gasteiger partial charge in [-0.05, 0) is 24.1 Å². The van der Waals surface area contributed by atoms with Crippen LogP contribution in [0.5, 0.6) is 0 Å². The molecule has 1 aromatic heterocycles. The van der Waals surface area contributed by atoms with Crippen molar-refractivity contribution in [2.45, 2.75) is 6.92 Å². The number of hydrogen-bond acceptors (Lipinski definition) is 3. The number of nitrogens with zero attached hydrogens (tertiary/aromatic N) is 2. The number of pyridine rings is 1. The molecule has 0 aliphatic carbocycles. The van der Waals surface area contributed by atoms with Crippen LogP contribution in [-0.4, -0.2) is 11.2 Å². The minimum absolute atomic E-state index is 0.456. The maximum atomic E-state index is 5.73. The first-order chi connectivity index (χ1) is 7.75. The fraction of sp³-hybridized carbons (Fsp3) is 0.0769. The van der Waals surface area contributed by atoms with Crippen LogP contribution in [0.25, 0.3) is 0 Å². The van der Waals surface area contributed by atoms with E-state index in [-0.39, 0.29) is 0 Å². The van der Waals surface area contributed by atoms with Crippen LogP contribution in [0.1, 0.15) is 11.1 Å². The Morgan fingerprint density at radius 2 is 2.00 bits per heavy atom. The molecule has 3 heteroatoms. The molecule has 0 spiro atoms. The van der Waals surface area contributed by atoms with Gasteiger partial charge in [0.15, 0.2) is 0 Å². The molecule has 0 saturated carbocycles. The van der Waals surface area contributed by atoms with Gasteiger partial charge < -0.3 is 5.73 Å². The lowest BCUT2D eigenvalue weighted by Crippen LogP contribution is -1.91. The van der Waals surface area contributed by atoms with E-state index in [0.717, 1.165) is 11.1 Å². The Kier molecular flexibility index (Phi) is 2.96. The smallest absolute Gasteiger partial charge is 0.149 e. The lowest BCUT2D eigenvalue weighted by molar-refractivity contribution is 1.26. The quantitative estimate of drug-likeness (QED) is 0.776. The van der Waals surface area contributed by atoms with Gasteiger partial charge in [0.05, 0.1) is 0 Å². The van der Waals surface area contributed by atoms with Crippen molar-refractivity contribution in [3.8, 4) is 0 Å². The number of nitrogens with two attached hydrogens (primary N) is 1. The van der Waals surface area contributed by atoms with Gasteiger partial charge in [0, 0.05) is 12.4 Å². The number of rotatable bonds is 2. The average molecular weight is 211 g/mol. The van der Waals surface area contributed by atoms with Crippen molar-refractivity contribution in [3.05, 3.63) is 53.7 Å². The summed E-state index contributed by atoms with van der Waals surface area (Å²) in [4.78, 5) is 8.38. The Morgan fingerprint density at radius 3 is 2.75 bits per heavy atom. The monoisotopic (exact) mass is 211 g/mol. The van der Waals surface area contributed by atoms with Crippen LogP contribution in [0.3, 0.4) is 0 Å². The highest BCUT2D eigenvalue weighted by molar-refractivity contribution is 5.83. The molecule has 0 atom stereocenters. The van der Waals surface area contributed by atoms with Gasteiger partial charge in [-0.25, -0.2) is 4.98 Å². The summed E-state index contributed by atoms with van der Waals surface area (Å²) in [6.07, 6.45) is 3.52. The van der Waals surface area contributed by atoms with E-state index in [2.05, 4.69) is 9.98 Å². The van der Waals surface area contributed by atoms with Crippen LogP contribution in [0.15, 0.2) is 47.6 Å². The molecule has 0 radical (unpaired) electrons. The van der Waals surface area contributed by atoms with E-state index in [9.17, 15) is 0 Å². The highest BCUT2D eigenvalue weighted by Crippen LogP contribution is 2.19. The number of benzene rings is 1. The van der Waals surface area contributed by atoms with E-state index >= 15 is 0 Å². The van der Waals surface area contributed by atoms with Gasteiger partial charge in [-0.15, -0.1) is 0 Å². The normalized spacial score (nSPS) is 10.8. The van der Waals surface area contributed by atoms with Crippen LogP contribution in [0.4, 0.5) is 11.5 Å². The number of aliphatic imine (C=N–C) groups is 1. The zero-order valence-electron chi connectivity index (χ0n) is 9.09. The van der Waals surface area contributed by atoms with Gasteiger partial charge in [-0.2, -0.15) is 0 Å². The molecule has 2 N–H and O–H groups in total. The van der Waals surface area contributed by atoms with Gasteiger partial charge in [0.25, 0.3) is 0 Å². The van der Waals surface area contributed by atoms with Crippen molar-refractivity contribution < 1.29 is 0 Å². The summed E-state index contributed by atoms with van der Waals surface area (Å²) >= 11 is 0. The zero-order valence-corrected chi connectivity index (χ0v) is 9.09. The van der Waals surface area contributed by atoms with Crippen molar-refractivity contribution in [3.63, 3.8) is 0 Å². The molecule has 0 amide bonds. The summed E-state index contributed by atoms with van der Waals surface area (Å²) < 4.78 is 0. The number of hydrogen-bond donors (Lipinski definition) is 1. The second kappa shape index (κ2) is 4.57. The summed E-state index contributed by atoms with van der Waals surface area (Å²) in [6, 6.07) is 11.8. The third-order valence-electron chi connectivity index (χ3n) is 2.19. The highest BCUT2D eigenvalue weighted by atomic mass is 14.9. The molecule has 80 valence electrons. The standard InChI is InChI=1S/C13H13N3/c1-10-7-12(13(14)16-8-10)15-9-11-5-3-2-4-6-11/h2-9H,1H3,(H2,14,16). The molecule has 0 aliphatic heterocycles. The van der Waals surface area contributed by atoms with Crippen molar-refractivity contribution in [2.24, 2.45) is 4.99 Å². The molecule has 1 aromatic carbocycles. The molecule has 1 heterocycles. The van der Waals surface area contributed by atoms with Crippen molar-refractivity contribution in [2.75, 3.05) is 5.73 Å². The first-order valence-electron chi connectivity index (χ1n) is 5.07. The Morgan fingerprint density at radius 1 is 1.25 bits per heavy atom. The summed E-state index contributed by atoms with van der Waals surface area (Å²) in [5, 5.41) is 0. The molecule has 0 saturated heterocycles. The number of anilines is 1. The maximum absolute atomic E-state index is 5.73. The van der Waals surface area contributed by atoms with Gasteiger partial charge in [0.2, 0.25) is 0 Å². The average Bonchev–Trinajstić information content (AvgIpc) is 2.32. The van der Waals surface area contributed by atoms with E-state index in [1.165, 1.54) is 0 Å². The fourth-order valence-electron chi connectivity index (χ4n) is 1.35. The Balaban J connectivity index is 2.27. The Bertz CT molecular complexity index is 504. The van der Waals surface area contributed by atoms with E-state index < -0.39 is 0 Å². The first-order valence-corrected chi connectivity index (χ1v) is 5.07. The van der Waals surface area contributed by atoms with E-state index in [4.69, 9.17) is 5.73 Å². The van der Waals surface area contributed by atoms with Crippen LogP contribution in [0.2, 0.25) is 0 Å². The molecule has 2 rings (SSSR count). The lowest BCUT2D eigenvalue weighted by Gasteiger charge is -1.99. The van der Waals surface area contributed by atoms with Gasteiger partial charge in [-0.3, -0.25) is 4.99 Å². The molecule has 16 heavy (non-hydrogen) atoms. The second-order valence-electron chi connectivity index (χ2n) is 3.59. The van der Waals surface area contributed by atoms with Crippen LogP contribution in [-0.2, 0) is 0 Å². The molecule has 2 aromatic rings. The largest absolute Gasteiger partial charge is 0.382 e. The predicted octanol–water partition coefficient (Wildman–Crippen LogP) is 2.72. The first kappa shape index (κ1) is 10.4. The summed E-state index contributed by atoms with van der Waals surface area (Å²) in [7, 11) is 0. The topological polar surface area (TPSA) is 51.3 Å². The molecule has 3 nitrogen and oxygen atoms in total. The third-order valence-corrected chi connectivity index (χ3v) is 2.19. The highest BCUT2D eigenvalue weighted by Gasteiger charge is 1.97. The van der Waals surface area contributed by atoms with Crippen LogP contribution >= 0.6 is 0 Å². The summed E-state index contributed by atoms with van der Waals surface area (Å²) in [5.74, 6) is 0.456. The molecular weight excluding hydrogens is 198 g/mol. The maximum Gasteiger partial charge on any atom is 0.149 e. The number of aromatic nitrogens is 1. The molecule has 0 aliphatic rings. The molecular formula is C13H13N3. The van der Waals surface area contributed by atoms with Crippen molar-refractivity contribution in [1.29, 1.82) is 0 Å². The minimum atomic E-state index is 0.456. The van der Waals surface area contributed by atoms with Crippen molar-refractivity contribution in [1.82, 2.24) is 4.98 Å². The molecule has 0 unspecified atom stereocenters. The summed E-state index contributed by atoms with van der Waals surface area (Å²) in [6.45, 7) is 1.97. The zero-order chi connectivity index (χ0) is 11.4. The SMILES string of the molecule is Cc1cnc(N)c(N=Cc2ccccc2)c1. The van der Waals surface area contributed by atoms with Gasteiger partial charge in [0.1, 0.15) is 11.5 Å². The third kappa shape index (κ3) is 2.45. The number of aryl methyl sites for hydroxylation is 1. The second-order valence-corrected chi connectivity index (χ2v) is 3.59. The van der Waals surface area contributed by atoms with E-state index in [1.807, 2.05) is 43.3 Å². The lowest BCUT2D eigenvalue weighted by atomic mass is 10.2. The van der Waals surface area contributed by atoms with Gasteiger partial charge >= 0.3 is 0 Å². The van der Waals surface area contributed by atoms with Gasteiger partial charge in [-0.1, -0.05) is 30.3 Å². The Hall–Kier alpha value is -2.16. The van der Waals surface area contributed by atoms with Crippen LogP contribution < -0.4 is 5.73 Å². The van der Waals surface area contributed by atoms with Crippen LogP contribution in [0, 0.1) is 6.92 Å². The Labute approximate surface area is 94.7 Å². The molecule has 0 bridgehead atoms. The minimum Gasteiger partial charge on any atom is -0.382 e. The van der Waals surface area contributed by atoms with Crippen molar-refractivity contribution >= 4 is 17.7 Å². The van der Waals surface area contributed by atoms with E-state index in [1.54, 1.807) is 12.4 Å². The number of nitrogen functional groups attached to an aromatic ring is 1. The summed E-state index contributed by atoms with van der Waals surface area (Å²) in [5.41, 5.74) is 8.54. The predicted molar refractivity (Wildman–Crippen MR) is 67.1 cm³/mol. The molecule has 0 fully saturated rings. The van der Waals surface area contributed by atoms with E-state index in [0.29, 0.717) is 11.5 Å².